The zero-order valence-electron chi connectivity index (χ0n) is 14.8. The molecule has 0 spiro atoms. The summed E-state index contributed by atoms with van der Waals surface area (Å²) in [4.78, 5) is 15.2. The van der Waals surface area contributed by atoms with E-state index in [9.17, 15) is 4.79 Å². The summed E-state index contributed by atoms with van der Waals surface area (Å²) < 4.78 is 11.4. The summed E-state index contributed by atoms with van der Waals surface area (Å²) in [5.41, 5.74) is 1.65. The molecular weight excluding hydrogens is 396 g/mol. The third kappa shape index (κ3) is 4.84. The largest absolute Gasteiger partial charge is 0.497 e. The van der Waals surface area contributed by atoms with E-state index in [2.05, 4.69) is 26.1 Å². The fourth-order valence-corrected chi connectivity index (χ4v) is 3.43. The van der Waals surface area contributed by atoms with Gasteiger partial charge in [-0.1, -0.05) is 30.3 Å². The number of methoxy groups -OCH3 is 1. The number of halogens is 1. The molecule has 1 atom stereocenters. The molecule has 5 nitrogen and oxygen atoms in total. The maximum Gasteiger partial charge on any atom is 0.253 e. The molecule has 1 N–H and O–H groups in total. The number of carbonyl (C=O) groups is 1. The molecule has 1 fully saturated rings. The van der Waals surface area contributed by atoms with Crippen LogP contribution in [0.25, 0.3) is 0 Å². The van der Waals surface area contributed by atoms with E-state index in [1.807, 2.05) is 42.5 Å². The second kappa shape index (κ2) is 9.16. The van der Waals surface area contributed by atoms with Crippen LogP contribution in [-0.2, 0) is 4.74 Å². The number of hydrogen-bond donors (Lipinski definition) is 1. The maximum absolute atomic E-state index is 12.9. The third-order valence-electron chi connectivity index (χ3n) is 4.47. The number of benzene rings is 2. The van der Waals surface area contributed by atoms with E-state index in [4.69, 9.17) is 9.47 Å². The quantitative estimate of drug-likeness (QED) is 0.781. The van der Waals surface area contributed by atoms with E-state index in [0.29, 0.717) is 11.3 Å². The first-order chi connectivity index (χ1) is 12.7. The van der Waals surface area contributed by atoms with Crippen molar-refractivity contribution in [1.82, 2.24) is 10.2 Å². The zero-order valence-corrected chi connectivity index (χ0v) is 16.4. The predicted molar refractivity (Wildman–Crippen MR) is 105 cm³/mol. The molecule has 0 aliphatic carbocycles. The molecular formula is C20H23BrN2O3. The van der Waals surface area contributed by atoms with Gasteiger partial charge in [0, 0.05) is 24.1 Å². The van der Waals surface area contributed by atoms with Gasteiger partial charge >= 0.3 is 0 Å². The smallest absolute Gasteiger partial charge is 0.253 e. The molecule has 0 bridgehead atoms. The molecule has 6 heteroatoms. The van der Waals surface area contributed by atoms with Gasteiger partial charge in [-0.25, -0.2) is 0 Å². The van der Waals surface area contributed by atoms with Crippen molar-refractivity contribution in [2.75, 3.05) is 40.0 Å². The van der Waals surface area contributed by atoms with Crippen molar-refractivity contribution in [3.63, 3.8) is 0 Å². The summed E-state index contributed by atoms with van der Waals surface area (Å²) in [7, 11) is 1.59. The Labute approximate surface area is 162 Å². The highest BCUT2D eigenvalue weighted by atomic mass is 79.9. The van der Waals surface area contributed by atoms with Crippen LogP contribution in [0.5, 0.6) is 5.75 Å². The molecule has 0 aromatic heterocycles. The van der Waals surface area contributed by atoms with Gasteiger partial charge in [-0.2, -0.15) is 0 Å². The Morgan fingerprint density at radius 2 is 1.96 bits per heavy atom. The molecule has 1 heterocycles. The van der Waals surface area contributed by atoms with Crippen LogP contribution in [0.1, 0.15) is 22.0 Å². The molecule has 1 aliphatic heterocycles. The zero-order chi connectivity index (χ0) is 18.4. The lowest BCUT2D eigenvalue weighted by atomic mass is 10.1. The third-order valence-corrected chi connectivity index (χ3v) is 5.16. The van der Waals surface area contributed by atoms with E-state index < -0.39 is 0 Å². The van der Waals surface area contributed by atoms with Crippen LogP contribution in [0.2, 0.25) is 0 Å². The van der Waals surface area contributed by atoms with Gasteiger partial charge in [0.05, 0.1) is 31.9 Å². The predicted octanol–water partition coefficient (Wildman–Crippen LogP) is 3.26. The highest BCUT2D eigenvalue weighted by molar-refractivity contribution is 9.10. The summed E-state index contributed by atoms with van der Waals surface area (Å²) in [5.74, 6) is 0.528. The average Bonchev–Trinajstić information content (AvgIpc) is 2.69. The van der Waals surface area contributed by atoms with Crippen LogP contribution in [-0.4, -0.2) is 50.8 Å². The summed E-state index contributed by atoms with van der Waals surface area (Å²) in [6, 6.07) is 15.4. The molecule has 0 radical (unpaired) electrons. The number of nitrogens with one attached hydrogen (secondary N) is 1. The van der Waals surface area contributed by atoms with Crippen molar-refractivity contribution < 1.29 is 14.3 Å². The lowest BCUT2D eigenvalue weighted by Gasteiger charge is -2.31. The Balaban J connectivity index is 1.79. The van der Waals surface area contributed by atoms with E-state index in [1.54, 1.807) is 13.2 Å². The molecule has 1 amide bonds. The molecule has 1 aliphatic rings. The minimum Gasteiger partial charge on any atom is -0.497 e. The van der Waals surface area contributed by atoms with Gasteiger partial charge in [-0.3, -0.25) is 9.69 Å². The Bertz CT molecular complexity index is 733. The first kappa shape index (κ1) is 18.9. The van der Waals surface area contributed by atoms with Crippen LogP contribution >= 0.6 is 15.9 Å². The number of hydrogen-bond acceptors (Lipinski definition) is 4. The SMILES string of the molecule is COc1ccc(Br)c(C(=O)NC(CN2CCOCC2)c2ccccc2)c1. The summed E-state index contributed by atoms with van der Waals surface area (Å²) in [6.45, 7) is 3.97. The van der Waals surface area contributed by atoms with Crippen LogP contribution in [0.3, 0.4) is 0 Å². The second-order valence-electron chi connectivity index (χ2n) is 6.20. The molecule has 2 aromatic carbocycles. The minimum absolute atomic E-state index is 0.0973. The van der Waals surface area contributed by atoms with Crippen LogP contribution in [0, 0.1) is 0 Å². The van der Waals surface area contributed by atoms with Gasteiger partial charge in [-0.15, -0.1) is 0 Å². The Hall–Kier alpha value is -1.89. The first-order valence-corrected chi connectivity index (χ1v) is 9.46. The lowest BCUT2D eigenvalue weighted by molar-refractivity contribution is 0.0332. The number of amides is 1. The monoisotopic (exact) mass is 418 g/mol. The van der Waals surface area contributed by atoms with E-state index in [0.717, 1.165) is 42.9 Å². The van der Waals surface area contributed by atoms with Crippen molar-refractivity contribution >= 4 is 21.8 Å². The van der Waals surface area contributed by atoms with Gasteiger partial charge in [0.25, 0.3) is 5.91 Å². The molecule has 2 aromatic rings. The molecule has 1 saturated heterocycles. The van der Waals surface area contributed by atoms with Crippen molar-refractivity contribution in [3.8, 4) is 5.75 Å². The van der Waals surface area contributed by atoms with Gasteiger partial charge in [0.1, 0.15) is 5.75 Å². The number of ether oxygens (including phenoxy) is 2. The molecule has 3 rings (SSSR count). The van der Waals surface area contributed by atoms with Crippen LogP contribution < -0.4 is 10.1 Å². The molecule has 0 saturated carbocycles. The van der Waals surface area contributed by atoms with Crippen LogP contribution in [0.4, 0.5) is 0 Å². The number of carbonyl (C=O) groups excluding carboxylic acids is 1. The topological polar surface area (TPSA) is 50.8 Å². The van der Waals surface area contributed by atoms with Crippen LogP contribution in [0.15, 0.2) is 53.0 Å². The maximum atomic E-state index is 12.9. The first-order valence-electron chi connectivity index (χ1n) is 8.67. The number of morpholine rings is 1. The number of rotatable bonds is 6. The minimum atomic E-state index is -0.127. The standard InChI is InChI=1S/C20H23BrN2O3/c1-25-16-7-8-18(21)17(13-16)20(24)22-19(15-5-3-2-4-6-15)14-23-9-11-26-12-10-23/h2-8,13,19H,9-12,14H2,1H3,(H,22,24). The van der Waals surface area contributed by atoms with Crippen molar-refractivity contribution in [2.45, 2.75) is 6.04 Å². The Kier molecular flexibility index (Phi) is 6.66. The van der Waals surface area contributed by atoms with E-state index in [-0.39, 0.29) is 11.9 Å². The summed E-state index contributed by atoms with van der Waals surface area (Å²) in [5, 5.41) is 3.18. The molecule has 26 heavy (non-hydrogen) atoms. The summed E-state index contributed by atoms with van der Waals surface area (Å²) >= 11 is 3.46. The van der Waals surface area contributed by atoms with Gasteiger partial charge in [0.2, 0.25) is 0 Å². The Morgan fingerprint density at radius 1 is 1.23 bits per heavy atom. The van der Waals surface area contributed by atoms with Gasteiger partial charge in [-0.05, 0) is 39.7 Å². The normalized spacial score (nSPS) is 16.1. The molecule has 1 unspecified atom stereocenters. The van der Waals surface area contributed by atoms with Crippen molar-refractivity contribution in [2.24, 2.45) is 0 Å². The van der Waals surface area contributed by atoms with Crippen molar-refractivity contribution in [1.29, 1.82) is 0 Å². The van der Waals surface area contributed by atoms with E-state index in [1.165, 1.54) is 0 Å². The fraction of sp³-hybridized carbons (Fsp3) is 0.350. The van der Waals surface area contributed by atoms with Gasteiger partial charge < -0.3 is 14.8 Å². The number of nitrogens with zero attached hydrogens (tertiary/aromatic N) is 1. The highest BCUT2D eigenvalue weighted by Gasteiger charge is 2.22. The highest BCUT2D eigenvalue weighted by Crippen LogP contribution is 2.24. The van der Waals surface area contributed by atoms with Gasteiger partial charge in [0.15, 0.2) is 0 Å². The summed E-state index contributed by atoms with van der Waals surface area (Å²) in [6.07, 6.45) is 0. The van der Waals surface area contributed by atoms with E-state index >= 15 is 0 Å². The fourth-order valence-electron chi connectivity index (χ4n) is 3.00. The van der Waals surface area contributed by atoms with Crippen molar-refractivity contribution in [3.05, 3.63) is 64.1 Å². The lowest BCUT2D eigenvalue weighted by Crippen LogP contribution is -2.43. The molecule has 138 valence electrons. The second-order valence-corrected chi connectivity index (χ2v) is 7.05. The Morgan fingerprint density at radius 3 is 2.65 bits per heavy atom. The average molecular weight is 419 g/mol.